The van der Waals surface area contributed by atoms with Crippen LogP contribution in [-0.2, 0) is 18.3 Å². The Kier molecular flexibility index (Phi) is 4.83. The number of aryl methyl sites for hydroxylation is 1. The number of nitrogens with one attached hydrogen (secondary N) is 2. The second-order valence-corrected chi connectivity index (χ2v) is 3.36. The lowest BCUT2D eigenvalue weighted by Crippen LogP contribution is -2.34. The zero-order valence-electron chi connectivity index (χ0n) is 9.29. The third-order valence-corrected chi connectivity index (χ3v) is 2.01. The monoisotopic (exact) mass is 210 g/mol. The summed E-state index contributed by atoms with van der Waals surface area (Å²) in [6, 6.07) is 1.95. The molecule has 0 bridgehead atoms. The lowest BCUT2D eigenvalue weighted by Gasteiger charge is -2.03. The molecule has 2 N–H and O–H groups in total. The van der Waals surface area contributed by atoms with E-state index in [-0.39, 0.29) is 5.91 Å². The van der Waals surface area contributed by atoms with Crippen LogP contribution in [0.5, 0.6) is 0 Å². The Bertz CT molecular complexity index is 308. The Balaban J connectivity index is 2.13. The van der Waals surface area contributed by atoms with Crippen LogP contribution in [0.4, 0.5) is 0 Å². The highest BCUT2D eigenvalue weighted by Gasteiger charge is 2.00. The van der Waals surface area contributed by atoms with Crippen LogP contribution in [0.3, 0.4) is 0 Å². The minimum Gasteiger partial charge on any atom is -0.355 e. The number of hydrogen-bond acceptors (Lipinski definition) is 3. The average Bonchev–Trinajstić information content (AvgIpc) is 2.61. The van der Waals surface area contributed by atoms with Crippen molar-refractivity contribution in [3.63, 3.8) is 0 Å². The smallest absolute Gasteiger partial charge is 0.233 e. The average molecular weight is 210 g/mol. The number of aromatic nitrogens is 2. The molecular weight excluding hydrogens is 192 g/mol. The summed E-state index contributed by atoms with van der Waals surface area (Å²) in [7, 11) is 1.88. The molecule has 0 saturated heterocycles. The predicted molar refractivity (Wildman–Crippen MR) is 58.5 cm³/mol. The maximum Gasteiger partial charge on any atom is 0.233 e. The van der Waals surface area contributed by atoms with E-state index in [1.807, 2.05) is 26.2 Å². The van der Waals surface area contributed by atoms with Crippen LogP contribution in [-0.4, -0.2) is 35.3 Å². The highest BCUT2D eigenvalue weighted by Crippen LogP contribution is 1.93. The van der Waals surface area contributed by atoms with Gasteiger partial charge in [0, 0.05) is 26.2 Å². The molecule has 0 spiro atoms. The summed E-state index contributed by atoms with van der Waals surface area (Å²) in [6.45, 7) is 3.81. The highest BCUT2D eigenvalue weighted by atomic mass is 16.1. The van der Waals surface area contributed by atoms with Crippen molar-refractivity contribution >= 4 is 5.91 Å². The van der Waals surface area contributed by atoms with Crippen molar-refractivity contribution in [2.24, 2.45) is 7.05 Å². The van der Waals surface area contributed by atoms with Crippen LogP contribution < -0.4 is 10.6 Å². The molecule has 0 atom stereocenters. The van der Waals surface area contributed by atoms with Crippen LogP contribution in [0.1, 0.15) is 12.6 Å². The Morgan fingerprint density at radius 1 is 1.60 bits per heavy atom. The fourth-order valence-corrected chi connectivity index (χ4v) is 1.23. The molecule has 1 aromatic heterocycles. The zero-order chi connectivity index (χ0) is 11.1. The molecule has 0 fully saturated rings. The first-order chi connectivity index (χ1) is 7.22. The van der Waals surface area contributed by atoms with E-state index in [0.717, 1.165) is 18.7 Å². The number of amides is 1. The number of nitrogens with zero attached hydrogens (tertiary/aromatic N) is 2. The Morgan fingerprint density at radius 3 is 3.00 bits per heavy atom. The molecule has 84 valence electrons. The molecule has 5 nitrogen and oxygen atoms in total. The standard InChI is InChI=1S/C10H18N4O/c1-3-11-8-10(15)12-6-4-9-5-7-14(2)13-9/h5,7,11H,3-4,6,8H2,1-2H3,(H,12,15). The van der Waals surface area contributed by atoms with Gasteiger partial charge in [0.05, 0.1) is 12.2 Å². The summed E-state index contributed by atoms with van der Waals surface area (Å²) in [5, 5.41) is 10.0. The molecular formula is C10H18N4O. The van der Waals surface area contributed by atoms with E-state index in [1.165, 1.54) is 0 Å². The van der Waals surface area contributed by atoms with Crippen molar-refractivity contribution in [2.75, 3.05) is 19.6 Å². The largest absolute Gasteiger partial charge is 0.355 e. The second-order valence-electron chi connectivity index (χ2n) is 3.36. The van der Waals surface area contributed by atoms with Gasteiger partial charge in [-0.05, 0) is 12.6 Å². The lowest BCUT2D eigenvalue weighted by molar-refractivity contribution is -0.120. The molecule has 1 heterocycles. The van der Waals surface area contributed by atoms with Crippen molar-refractivity contribution in [3.05, 3.63) is 18.0 Å². The summed E-state index contributed by atoms with van der Waals surface area (Å²) in [5.41, 5.74) is 1.00. The molecule has 0 unspecified atom stereocenters. The van der Waals surface area contributed by atoms with E-state index in [2.05, 4.69) is 15.7 Å². The molecule has 1 rings (SSSR count). The Hall–Kier alpha value is -1.36. The number of rotatable bonds is 6. The minimum atomic E-state index is 0.0350. The van der Waals surface area contributed by atoms with E-state index in [0.29, 0.717) is 13.1 Å². The van der Waals surface area contributed by atoms with Crippen molar-refractivity contribution in [1.29, 1.82) is 0 Å². The first-order valence-corrected chi connectivity index (χ1v) is 5.18. The number of carbonyl (C=O) groups excluding carboxylic acids is 1. The van der Waals surface area contributed by atoms with Crippen LogP contribution in [0.25, 0.3) is 0 Å². The van der Waals surface area contributed by atoms with Gasteiger partial charge in [0.1, 0.15) is 0 Å². The van der Waals surface area contributed by atoms with Crippen LogP contribution in [0, 0.1) is 0 Å². The molecule has 0 aliphatic heterocycles. The van der Waals surface area contributed by atoms with Crippen LogP contribution in [0.2, 0.25) is 0 Å². The van der Waals surface area contributed by atoms with Crippen molar-refractivity contribution in [3.8, 4) is 0 Å². The number of likely N-dealkylation sites (N-methyl/N-ethyl adjacent to an activating group) is 1. The van der Waals surface area contributed by atoms with Gasteiger partial charge in [-0.15, -0.1) is 0 Å². The molecule has 0 aromatic carbocycles. The highest BCUT2D eigenvalue weighted by molar-refractivity contribution is 5.77. The van der Waals surface area contributed by atoms with Gasteiger partial charge >= 0.3 is 0 Å². The van der Waals surface area contributed by atoms with E-state index < -0.39 is 0 Å². The fourth-order valence-electron chi connectivity index (χ4n) is 1.23. The van der Waals surface area contributed by atoms with Gasteiger partial charge in [-0.2, -0.15) is 5.10 Å². The van der Waals surface area contributed by atoms with E-state index in [1.54, 1.807) is 4.68 Å². The third kappa shape index (κ3) is 4.60. The Labute approximate surface area is 89.9 Å². The van der Waals surface area contributed by atoms with E-state index in [9.17, 15) is 4.79 Å². The molecule has 1 aromatic rings. The SMILES string of the molecule is CCNCC(=O)NCCc1ccn(C)n1. The molecule has 5 heteroatoms. The molecule has 1 amide bonds. The van der Waals surface area contributed by atoms with E-state index >= 15 is 0 Å². The van der Waals surface area contributed by atoms with E-state index in [4.69, 9.17) is 0 Å². The summed E-state index contributed by atoms with van der Waals surface area (Å²) in [4.78, 5) is 11.2. The summed E-state index contributed by atoms with van der Waals surface area (Å²) >= 11 is 0. The van der Waals surface area contributed by atoms with Gasteiger partial charge in [-0.3, -0.25) is 9.48 Å². The van der Waals surface area contributed by atoms with Crippen LogP contribution in [0.15, 0.2) is 12.3 Å². The van der Waals surface area contributed by atoms with Gasteiger partial charge in [-0.1, -0.05) is 6.92 Å². The second kappa shape index (κ2) is 6.19. The number of hydrogen-bond donors (Lipinski definition) is 2. The zero-order valence-corrected chi connectivity index (χ0v) is 9.29. The third-order valence-electron chi connectivity index (χ3n) is 2.01. The van der Waals surface area contributed by atoms with Crippen molar-refractivity contribution < 1.29 is 4.79 Å². The topological polar surface area (TPSA) is 59.0 Å². The lowest BCUT2D eigenvalue weighted by atomic mass is 10.3. The van der Waals surface area contributed by atoms with Gasteiger partial charge in [-0.25, -0.2) is 0 Å². The predicted octanol–water partition coefficient (Wildman–Crippen LogP) is -0.312. The first kappa shape index (κ1) is 11.7. The molecule has 0 aliphatic rings. The van der Waals surface area contributed by atoms with Crippen molar-refractivity contribution in [1.82, 2.24) is 20.4 Å². The quantitative estimate of drug-likeness (QED) is 0.677. The van der Waals surface area contributed by atoms with Crippen LogP contribution >= 0.6 is 0 Å². The maximum atomic E-state index is 11.2. The number of carbonyl (C=O) groups is 1. The van der Waals surface area contributed by atoms with Crippen molar-refractivity contribution in [2.45, 2.75) is 13.3 Å². The van der Waals surface area contributed by atoms with Gasteiger partial charge in [0.25, 0.3) is 0 Å². The summed E-state index contributed by atoms with van der Waals surface area (Å²) in [6.07, 6.45) is 2.68. The molecule has 0 saturated carbocycles. The first-order valence-electron chi connectivity index (χ1n) is 5.18. The minimum absolute atomic E-state index is 0.0350. The van der Waals surface area contributed by atoms with Gasteiger partial charge in [0.15, 0.2) is 0 Å². The maximum absolute atomic E-state index is 11.2. The molecule has 0 aliphatic carbocycles. The molecule has 0 radical (unpaired) electrons. The van der Waals surface area contributed by atoms with Gasteiger partial charge < -0.3 is 10.6 Å². The summed E-state index contributed by atoms with van der Waals surface area (Å²) in [5.74, 6) is 0.0350. The summed E-state index contributed by atoms with van der Waals surface area (Å²) < 4.78 is 1.76. The normalized spacial score (nSPS) is 10.3. The Morgan fingerprint density at radius 2 is 2.40 bits per heavy atom. The molecule has 15 heavy (non-hydrogen) atoms. The van der Waals surface area contributed by atoms with Gasteiger partial charge in [0.2, 0.25) is 5.91 Å². The fraction of sp³-hybridized carbons (Fsp3) is 0.600.